The Kier molecular flexibility index (Phi) is 3.30. The molecule has 0 saturated carbocycles. The summed E-state index contributed by atoms with van der Waals surface area (Å²) < 4.78 is 35.7. The summed E-state index contributed by atoms with van der Waals surface area (Å²) in [7, 11) is 0. The number of Topliss-reactive ketones (excluding diaryl/α,β-unsaturated/α-hetero) is 1. The molecule has 0 aliphatic heterocycles. The molecule has 0 unspecified atom stereocenters. The monoisotopic (exact) mass is 182 g/mol. The molecule has 0 spiro atoms. The molecule has 0 N–H and O–H groups in total. The highest BCUT2D eigenvalue weighted by Crippen LogP contribution is 2.34. The highest BCUT2D eigenvalue weighted by atomic mass is 19.4. The maximum atomic E-state index is 11.9. The molecule has 0 amide bonds. The van der Waals surface area contributed by atoms with Crippen LogP contribution in [-0.4, -0.2) is 12.0 Å². The zero-order chi connectivity index (χ0) is 9.99. The van der Waals surface area contributed by atoms with Gasteiger partial charge in [0.25, 0.3) is 0 Å². The number of carbonyl (C=O) groups is 1. The average molecular weight is 182 g/mol. The SMILES string of the molecule is CCC(=O)C(C)(C)CC(F)(F)F. The molecule has 0 atom stereocenters. The maximum Gasteiger partial charge on any atom is 0.390 e. The predicted molar refractivity (Wildman–Crippen MR) is 39.8 cm³/mol. The molecule has 0 aromatic heterocycles. The van der Waals surface area contributed by atoms with Crippen molar-refractivity contribution in [3.05, 3.63) is 0 Å². The Morgan fingerprint density at radius 1 is 1.25 bits per heavy atom. The summed E-state index contributed by atoms with van der Waals surface area (Å²) in [5.41, 5.74) is -1.27. The molecule has 0 aliphatic rings. The molecule has 1 nitrogen and oxygen atoms in total. The summed E-state index contributed by atoms with van der Waals surface area (Å²) in [5, 5.41) is 0. The van der Waals surface area contributed by atoms with Gasteiger partial charge >= 0.3 is 6.18 Å². The van der Waals surface area contributed by atoms with Crippen LogP contribution in [-0.2, 0) is 4.79 Å². The highest BCUT2D eigenvalue weighted by Gasteiger charge is 2.39. The standard InChI is InChI=1S/C8H13F3O/c1-4-6(12)7(2,3)5-8(9,10)11/h4-5H2,1-3H3. The first-order valence-electron chi connectivity index (χ1n) is 3.79. The summed E-state index contributed by atoms with van der Waals surface area (Å²) in [4.78, 5) is 11.0. The van der Waals surface area contributed by atoms with E-state index in [2.05, 4.69) is 0 Å². The average Bonchev–Trinajstić information content (AvgIpc) is 1.80. The summed E-state index contributed by atoms with van der Waals surface area (Å²) in [6.07, 6.45) is -5.13. The Morgan fingerprint density at radius 3 is 1.92 bits per heavy atom. The van der Waals surface area contributed by atoms with Crippen LogP contribution in [0.25, 0.3) is 0 Å². The minimum absolute atomic E-state index is 0.156. The summed E-state index contributed by atoms with van der Waals surface area (Å²) in [5.74, 6) is -0.347. The third kappa shape index (κ3) is 3.74. The van der Waals surface area contributed by atoms with Crippen LogP contribution in [0.15, 0.2) is 0 Å². The smallest absolute Gasteiger partial charge is 0.299 e. The molecule has 0 aliphatic carbocycles. The third-order valence-electron chi connectivity index (χ3n) is 1.72. The fourth-order valence-corrected chi connectivity index (χ4v) is 1.08. The van der Waals surface area contributed by atoms with Gasteiger partial charge in [-0.1, -0.05) is 20.8 Å². The number of rotatable bonds is 3. The molecule has 0 bridgehead atoms. The van der Waals surface area contributed by atoms with Crippen molar-refractivity contribution < 1.29 is 18.0 Å². The predicted octanol–water partition coefficient (Wildman–Crippen LogP) is 2.94. The van der Waals surface area contributed by atoms with Crippen LogP contribution in [0.3, 0.4) is 0 Å². The topological polar surface area (TPSA) is 17.1 Å². The number of hydrogen-bond acceptors (Lipinski definition) is 1. The molecule has 0 radical (unpaired) electrons. The molecular weight excluding hydrogens is 169 g/mol. The van der Waals surface area contributed by atoms with E-state index < -0.39 is 18.0 Å². The van der Waals surface area contributed by atoms with Gasteiger partial charge in [-0.15, -0.1) is 0 Å². The van der Waals surface area contributed by atoms with Gasteiger partial charge in [-0.2, -0.15) is 13.2 Å². The van der Waals surface area contributed by atoms with Crippen molar-refractivity contribution in [2.75, 3.05) is 0 Å². The molecule has 0 fully saturated rings. The Balaban J connectivity index is 4.32. The molecule has 4 heteroatoms. The Labute approximate surface area is 70.0 Å². The van der Waals surface area contributed by atoms with Crippen molar-refractivity contribution >= 4 is 5.78 Å². The van der Waals surface area contributed by atoms with Crippen molar-refractivity contribution in [3.8, 4) is 0 Å². The van der Waals surface area contributed by atoms with Crippen LogP contribution < -0.4 is 0 Å². The maximum absolute atomic E-state index is 11.9. The first kappa shape index (κ1) is 11.5. The first-order valence-corrected chi connectivity index (χ1v) is 3.79. The number of halogens is 3. The van der Waals surface area contributed by atoms with Crippen LogP contribution in [0, 0.1) is 5.41 Å². The van der Waals surface area contributed by atoms with Gasteiger partial charge < -0.3 is 0 Å². The van der Waals surface area contributed by atoms with E-state index in [1.54, 1.807) is 6.92 Å². The van der Waals surface area contributed by atoms with Crippen LogP contribution in [0.1, 0.15) is 33.6 Å². The Bertz CT molecular complexity index is 170. The normalized spacial score (nSPS) is 13.2. The molecule has 0 aromatic rings. The Morgan fingerprint density at radius 2 is 1.67 bits per heavy atom. The van der Waals surface area contributed by atoms with Crippen LogP contribution in [0.5, 0.6) is 0 Å². The van der Waals surface area contributed by atoms with Crippen LogP contribution >= 0.6 is 0 Å². The summed E-state index contributed by atoms with van der Waals surface area (Å²) >= 11 is 0. The molecule has 0 aromatic carbocycles. The van der Waals surface area contributed by atoms with E-state index in [4.69, 9.17) is 0 Å². The van der Waals surface area contributed by atoms with Gasteiger partial charge in [-0.25, -0.2) is 0 Å². The van der Waals surface area contributed by atoms with Gasteiger partial charge in [0, 0.05) is 11.8 Å². The number of carbonyl (C=O) groups excluding carboxylic acids is 1. The minimum Gasteiger partial charge on any atom is -0.299 e. The second-order valence-corrected chi connectivity index (χ2v) is 3.45. The third-order valence-corrected chi connectivity index (χ3v) is 1.72. The fraction of sp³-hybridized carbons (Fsp3) is 0.875. The van der Waals surface area contributed by atoms with Crippen molar-refractivity contribution in [1.29, 1.82) is 0 Å². The second kappa shape index (κ2) is 3.46. The quantitative estimate of drug-likeness (QED) is 0.655. The minimum atomic E-state index is -4.26. The molecule has 0 heterocycles. The van der Waals surface area contributed by atoms with Crippen molar-refractivity contribution in [3.63, 3.8) is 0 Å². The van der Waals surface area contributed by atoms with Gasteiger partial charge in [-0.05, 0) is 0 Å². The molecule has 0 saturated heterocycles. The van der Waals surface area contributed by atoms with Crippen LogP contribution in [0.4, 0.5) is 13.2 Å². The lowest BCUT2D eigenvalue weighted by atomic mass is 9.83. The largest absolute Gasteiger partial charge is 0.390 e. The molecule has 72 valence electrons. The lowest BCUT2D eigenvalue weighted by molar-refractivity contribution is -0.163. The fourth-order valence-electron chi connectivity index (χ4n) is 1.08. The molecule has 12 heavy (non-hydrogen) atoms. The van der Waals surface area contributed by atoms with Gasteiger partial charge in [0.05, 0.1) is 6.42 Å². The first-order chi connectivity index (χ1) is 5.19. The van der Waals surface area contributed by atoms with E-state index in [0.717, 1.165) is 0 Å². The molecular formula is C8H13F3O. The van der Waals surface area contributed by atoms with E-state index in [1.165, 1.54) is 13.8 Å². The molecule has 0 rings (SSSR count). The lowest BCUT2D eigenvalue weighted by Gasteiger charge is -2.23. The van der Waals surface area contributed by atoms with E-state index >= 15 is 0 Å². The van der Waals surface area contributed by atoms with Gasteiger partial charge in [0.15, 0.2) is 0 Å². The van der Waals surface area contributed by atoms with E-state index in [-0.39, 0.29) is 12.2 Å². The van der Waals surface area contributed by atoms with Gasteiger partial charge in [-0.3, -0.25) is 4.79 Å². The van der Waals surface area contributed by atoms with E-state index in [9.17, 15) is 18.0 Å². The number of hydrogen-bond donors (Lipinski definition) is 0. The van der Waals surface area contributed by atoms with Crippen molar-refractivity contribution in [2.24, 2.45) is 5.41 Å². The van der Waals surface area contributed by atoms with Crippen LogP contribution in [0.2, 0.25) is 0 Å². The number of ketones is 1. The van der Waals surface area contributed by atoms with Crippen molar-refractivity contribution in [2.45, 2.75) is 39.8 Å². The summed E-state index contributed by atoms with van der Waals surface area (Å²) in [6, 6.07) is 0. The van der Waals surface area contributed by atoms with E-state index in [1.807, 2.05) is 0 Å². The number of alkyl halides is 3. The van der Waals surface area contributed by atoms with Gasteiger partial charge in [0.1, 0.15) is 5.78 Å². The van der Waals surface area contributed by atoms with Crippen molar-refractivity contribution in [1.82, 2.24) is 0 Å². The van der Waals surface area contributed by atoms with E-state index in [0.29, 0.717) is 0 Å². The zero-order valence-corrected chi connectivity index (χ0v) is 7.46. The lowest BCUT2D eigenvalue weighted by Crippen LogP contribution is -2.29. The highest BCUT2D eigenvalue weighted by molar-refractivity contribution is 5.83. The second-order valence-electron chi connectivity index (χ2n) is 3.45. The zero-order valence-electron chi connectivity index (χ0n) is 7.46. The summed E-state index contributed by atoms with van der Waals surface area (Å²) in [6.45, 7) is 4.22. The Hall–Kier alpha value is -0.540. The van der Waals surface area contributed by atoms with Gasteiger partial charge in [0.2, 0.25) is 0 Å².